The van der Waals surface area contributed by atoms with E-state index < -0.39 is 0 Å². The van der Waals surface area contributed by atoms with Crippen LogP contribution in [-0.2, 0) is 10.3 Å². The summed E-state index contributed by atoms with van der Waals surface area (Å²) < 4.78 is 6.23. The van der Waals surface area contributed by atoms with E-state index in [1.807, 2.05) is 24.3 Å². The van der Waals surface area contributed by atoms with Crippen LogP contribution in [-0.4, -0.2) is 13.2 Å². The van der Waals surface area contributed by atoms with Gasteiger partial charge in [-0.15, -0.1) is 0 Å². The number of halogens is 2. The molecule has 0 bridgehead atoms. The van der Waals surface area contributed by atoms with Gasteiger partial charge in [-0.1, -0.05) is 28.1 Å². The third-order valence-corrected chi connectivity index (χ3v) is 3.17. The molecule has 2 nitrogen and oxygen atoms in total. The molecule has 70 valence electrons. The van der Waals surface area contributed by atoms with Gasteiger partial charge in [-0.25, -0.2) is 4.84 Å². The molecule has 1 heterocycles. The Kier molecular flexibility index (Phi) is 2.60. The Balaban J connectivity index is 2.28. The second-order valence-electron chi connectivity index (χ2n) is 3.18. The van der Waals surface area contributed by atoms with Crippen LogP contribution in [0.2, 0.25) is 0 Å². The molecule has 2 rings (SSSR count). The Morgan fingerprint density at radius 2 is 1.92 bits per heavy atom. The number of rotatable bonds is 2. The van der Waals surface area contributed by atoms with Crippen LogP contribution in [0.4, 0.5) is 0 Å². The average molecular weight is 263 g/mol. The number of hydrogen-bond acceptors (Lipinski definition) is 2. The lowest BCUT2D eigenvalue weighted by atomic mass is 9.89. The zero-order valence-electron chi connectivity index (χ0n) is 6.89. The van der Waals surface area contributed by atoms with E-state index in [2.05, 4.69) is 20.8 Å². The van der Waals surface area contributed by atoms with Gasteiger partial charge in [-0.05, 0) is 29.5 Å². The monoisotopic (exact) mass is 261 g/mol. The summed E-state index contributed by atoms with van der Waals surface area (Å²) in [4.78, 5) is 2.78. The molecule has 1 aromatic carbocycles. The van der Waals surface area contributed by atoms with Crippen LogP contribution in [0, 0.1) is 0 Å². The third kappa shape index (κ3) is 1.62. The van der Waals surface area contributed by atoms with E-state index >= 15 is 0 Å². The van der Waals surface area contributed by atoms with Crippen molar-refractivity contribution < 1.29 is 4.74 Å². The van der Waals surface area contributed by atoms with Crippen molar-refractivity contribution in [2.24, 2.45) is 0 Å². The second kappa shape index (κ2) is 3.58. The van der Waals surface area contributed by atoms with Gasteiger partial charge in [0.05, 0.1) is 13.2 Å². The minimum atomic E-state index is -0.178. The number of ether oxygens (including phenoxy) is 1. The zero-order chi connectivity index (χ0) is 9.31. The van der Waals surface area contributed by atoms with E-state index in [-0.39, 0.29) is 5.54 Å². The average Bonchev–Trinajstić information content (AvgIpc) is 2.07. The molecule has 0 amide bonds. The standard InChI is InChI=1S/C9H9BrClNO/c10-8-3-1-7(2-4-8)9(12-11)5-13-6-9/h1-4,12H,5-6H2. The fourth-order valence-corrected chi connectivity index (χ4v) is 1.83. The van der Waals surface area contributed by atoms with E-state index in [9.17, 15) is 0 Å². The first-order chi connectivity index (χ1) is 6.27. The molecule has 0 aliphatic carbocycles. The second-order valence-corrected chi connectivity index (χ2v) is 4.28. The van der Waals surface area contributed by atoms with Gasteiger partial charge in [-0.3, -0.25) is 0 Å². The van der Waals surface area contributed by atoms with E-state index in [1.165, 1.54) is 0 Å². The molecule has 1 aliphatic rings. The van der Waals surface area contributed by atoms with Gasteiger partial charge in [0, 0.05) is 4.47 Å². The first kappa shape index (κ1) is 9.46. The smallest absolute Gasteiger partial charge is 0.105 e. The molecule has 13 heavy (non-hydrogen) atoms. The molecule has 0 saturated carbocycles. The van der Waals surface area contributed by atoms with Gasteiger partial charge < -0.3 is 4.74 Å². The van der Waals surface area contributed by atoms with Crippen molar-refractivity contribution in [2.45, 2.75) is 5.54 Å². The Morgan fingerprint density at radius 1 is 1.31 bits per heavy atom. The van der Waals surface area contributed by atoms with Crippen molar-refractivity contribution in [3.63, 3.8) is 0 Å². The quantitative estimate of drug-likeness (QED) is 0.827. The highest BCUT2D eigenvalue weighted by molar-refractivity contribution is 9.10. The van der Waals surface area contributed by atoms with Crippen molar-refractivity contribution in [2.75, 3.05) is 13.2 Å². The topological polar surface area (TPSA) is 21.3 Å². The molecule has 0 radical (unpaired) electrons. The maximum Gasteiger partial charge on any atom is 0.105 e. The SMILES string of the molecule is ClNC1(c2ccc(Br)cc2)COC1. The zero-order valence-corrected chi connectivity index (χ0v) is 9.23. The fourth-order valence-electron chi connectivity index (χ4n) is 1.35. The largest absolute Gasteiger partial charge is 0.377 e. The molecule has 0 atom stereocenters. The summed E-state index contributed by atoms with van der Waals surface area (Å²) in [6, 6.07) is 8.09. The molecule has 1 aromatic rings. The summed E-state index contributed by atoms with van der Waals surface area (Å²) in [7, 11) is 0. The van der Waals surface area contributed by atoms with E-state index in [1.54, 1.807) is 0 Å². The fraction of sp³-hybridized carbons (Fsp3) is 0.333. The van der Waals surface area contributed by atoms with Crippen molar-refractivity contribution in [3.05, 3.63) is 34.3 Å². The molecule has 1 fully saturated rings. The number of nitrogens with one attached hydrogen (secondary N) is 1. The molecule has 0 aromatic heterocycles. The Bertz CT molecular complexity index is 291. The normalized spacial score (nSPS) is 19.5. The summed E-state index contributed by atoms with van der Waals surface area (Å²) in [6.45, 7) is 1.27. The minimum absolute atomic E-state index is 0.178. The van der Waals surface area contributed by atoms with E-state index in [0.717, 1.165) is 10.0 Å². The lowest BCUT2D eigenvalue weighted by molar-refractivity contribution is -0.0663. The van der Waals surface area contributed by atoms with E-state index in [0.29, 0.717) is 13.2 Å². The van der Waals surface area contributed by atoms with Crippen molar-refractivity contribution >= 4 is 27.7 Å². The lowest BCUT2D eigenvalue weighted by Gasteiger charge is -2.40. The first-order valence-electron chi connectivity index (χ1n) is 3.98. The van der Waals surface area contributed by atoms with Crippen molar-refractivity contribution in [3.8, 4) is 0 Å². The molecule has 1 aliphatic heterocycles. The van der Waals surface area contributed by atoms with Crippen LogP contribution in [0.3, 0.4) is 0 Å². The third-order valence-electron chi connectivity index (χ3n) is 2.27. The van der Waals surface area contributed by atoms with Gasteiger partial charge in [0.2, 0.25) is 0 Å². The molecular weight excluding hydrogens is 253 g/mol. The van der Waals surface area contributed by atoms with Gasteiger partial charge in [-0.2, -0.15) is 0 Å². The Morgan fingerprint density at radius 3 is 2.31 bits per heavy atom. The molecule has 0 unspecified atom stereocenters. The summed E-state index contributed by atoms with van der Waals surface area (Å²) >= 11 is 9.08. The summed E-state index contributed by atoms with van der Waals surface area (Å²) in [5.74, 6) is 0. The Labute approximate surface area is 90.5 Å². The van der Waals surface area contributed by atoms with Gasteiger partial charge in [0.15, 0.2) is 0 Å². The van der Waals surface area contributed by atoms with E-state index in [4.69, 9.17) is 16.5 Å². The summed E-state index contributed by atoms with van der Waals surface area (Å²) in [5.41, 5.74) is 0.986. The van der Waals surface area contributed by atoms with Crippen LogP contribution in [0.15, 0.2) is 28.7 Å². The maximum absolute atomic E-state index is 5.69. The molecule has 0 spiro atoms. The van der Waals surface area contributed by atoms with Gasteiger partial charge in [0.25, 0.3) is 0 Å². The highest BCUT2D eigenvalue weighted by atomic mass is 79.9. The van der Waals surface area contributed by atoms with Crippen LogP contribution in [0.5, 0.6) is 0 Å². The predicted molar refractivity (Wildman–Crippen MR) is 55.6 cm³/mol. The number of hydrogen-bond donors (Lipinski definition) is 1. The molecule has 1 saturated heterocycles. The molecular formula is C9H9BrClNO. The van der Waals surface area contributed by atoms with Gasteiger partial charge >= 0.3 is 0 Å². The van der Waals surface area contributed by atoms with Crippen molar-refractivity contribution in [1.29, 1.82) is 0 Å². The Hall–Kier alpha value is -0.0900. The summed E-state index contributed by atoms with van der Waals surface area (Å²) in [6.07, 6.45) is 0. The van der Waals surface area contributed by atoms with Crippen LogP contribution in [0.25, 0.3) is 0 Å². The predicted octanol–water partition coefficient (Wildman–Crippen LogP) is 2.42. The maximum atomic E-state index is 5.69. The van der Waals surface area contributed by atoms with Crippen LogP contribution in [0.1, 0.15) is 5.56 Å². The molecule has 1 N–H and O–H groups in total. The number of benzene rings is 1. The minimum Gasteiger partial charge on any atom is -0.377 e. The summed E-state index contributed by atoms with van der Waals surface area (Å²) in [5, 5.41) is 0. The van der Waals surface area contributed by atoms with Crippen LogP contribution < -0.4 is 4.84 Å². The lowest BCUT2D eigenvalue weighted by Crippen LogP contribution is -2.54. The highest BCUT2D eigenvalue weighted by Gasteiger charge is 2.39. The van der Waals surface area contributed by atoms with Gasteiger partial charge in [0.1, 0.15) is 5.54 Å². The van der Waals surface area contributed by atoms with Crippen LogP contribution >= 0.6 is 27.7 Å². The van der Waals surface area contributed by atoms with Crippen molar-refractivity contribution in [1.82, 2.24) is 4.84 Å². The highest BCUT2D eigenvalue weighted by Crippen LogP contribution is 2.30. The first-order valence-corrected chi connectivity index (χ1v) is 5.15. The molecule has 4 heteroatoms.